The number of aryl methyl sites for hydroxylation is 3. The van der Waals surface area contributed by atoms with Crippen molar-refractivity contribution in [1.29, 1.82) is 0 Å². The Labute approximate surface area is 159 Å². The number of halogens is 1. The second-order valence-electron chi connectivity index (χ2n) is 7.50. The zero-order chi connectivity index (χ0) is 19.6. The number of hydrogen-bond acceptors (Lipinski definition) is 4. The number of nitrogens with one attached hydrogen (secondary N) is 1. The molecule has 8 heteroatoms. The van der Waals surface area contributed by atoms with Gasteiger partial charge in [-0.3, -0.25) is 9.48 Å². The largest absolute Gasteiger partial charge is 0.304 e. The maximum atomic E-state index is 14.0. The van der Waals surface area contributed by atoms with Gasteiger partial charge in [-0.15, -0.1) is 5.10 Å². The highest BCUT2D eigenvalue weighted by Gasteiger charge is 2.25. The van der Waals surface area contributed by atoms with Crippen molar-refractivity contribution < 1.29 is 4.39 Å². The van der Waals surface area contributed by atoms with Crippen LogP contribution in [0, 0.1) is 19.7 Å². The molecule has 0 unspecified atom stereocenters. The minimum atomic E-state index is -0.549. The summed E-state index contributed by atoms with van der Waals surface area (Å²) in [6, 6.07) is 4.39. The van der Waals surface area contributed by atoms with Crippen molar-refractivity contribution in [3.63, 3.8) is 0 Å². The number of fused-ring (bicyclic) bond motifs is 1. The summed E-state index contributed by atoms with van der Waals surface area (Å²) in [6.45, 7) is 4.10. The van der Waals surface area contributed by atoms with Crippen LogP contribution in [0.3, 0.4) is 0 Å². The lowest BCUT2D eigenvalue weighted by atomic mass is 10.0. The van der Waals surface area contributed by atoms with Gasteiger partial charge in [0.05, 0.1) is 11.9 Å². The Bertz CT molecular complexity index is 1270. The molecule has 4 aromatic rings. The molecule has 0 bridgehead atoms. The maximum Gasteiger partial charge on any atom is 0.262 e. The molecule has 3 aromatic heterocycles. The molecule has 1 aliphatic carbocycles. The number of aromatic amines is 1. The highest BCUT2D eigenvalue weighted by Crippen LogP contribution is 2.41. The van der Waals surface area contributed by atoms with Crippen LogP contribution < -0.4 is 5.56 Å². The van der Waals surface area contributed by atoms with Gasteiger partial charge in [-0.25, -0.2) is 14.1 Å². The first-order chi connectivity index (χ1) is 13.4. The van der Waals surface area contributed by atoms with Gasteiger partial charge in [-0.05, 0) is 49.3 Å². The molecular weight excluding hydrogens is 359 g/mol. The monoisotopic (exact) mass is 378 g/mol. The van der Waals surface area contributed by atoms with Crippen LogP contribution in [-0.2, 0) is 7.05 Å². The quantitative estimate of drug-likeness (QED) is 0.594. The molecule has 3 heterocycles. The van der Waals surface area contributed by atoms with Gasteiger partial charge in [-0.1, -0.05) is 12.1 Å². The van der Waals surface area contributed by atoms with E-state index >= 15 is 0 Å². The van der Waals surface area contributed by atoms with Gasteiger partial charge in [0.2, 0.25) is 0 Å². The van der Waals surface area contributed by atoms with E-state index < -0.39 is 5.82 Å². The zero-order valence-corrected chi connectivity index (χ0v) is 15.8. The third-order valence-electron chi connectivity index (χ3n) is 5.19. The minimum absolute atomic E-state index is 0.00259. The molecule has 28 heavy (non-hydrogen) atoms. The van der Waals surface area contributed by atoms with Crippen LogP contribution in [0.25, 0.3) is 28.2 Å². The van der Waals surface area contributed by atoms with Crippen LogP contribution >= 0.6 is 0 Å². The van der Waals surface area contributed by atoms with Crippen molar-refractivity contribution in [3.8, 4) is 17.2 Å². The topological polar surface area (TPSA) is 81.4 Å². The summed E-state index contributed by atoms with van der Waals surface area (Å²) in [4.78, 5) is 19.5. The Balaban J connectivity index is 1.66. The smallest absolute Gasteiger partial charge is 0.262 e. The summed E-state index contributed by atoms with van der Waals surface area (Å²) in [6.07, 6.45) is 5.39. The summed E-state index contributed by atoms with van der Waals surface area (Å²) >= 11 is 0. The summed E-state index contributed by atoms with van der Waals surface area (Å²) in [5, 5.41) is 8.89. The molecule has 0 amide bonds. The summed E-state index contributed by atoms with van der Waals surface area (Å²) < 4.78 is 17.1. The molecule has 1 fully saturated rings. The predicted molar refractivity (Wildman–Crippen MR) is 103 cm³/mol. The second-order valence-corrected chi connectivity index (χ2v) is 7.50. The summed E-state index contributed by atoms with van der Waals surface area (Å²) in [7, 11) is 1.61. The SMILES string of the molecule is Cc1cc(C2CC2)cc(C)c1-n1cc2c(=O)[nH]c(-c3nn(C)cc3F)nc2n1. The van der Waals surface area contributed by atoms with Gasteiger partial charge >= 0.3 is 0 Å². The minimum Gasteiger partial charge on any atom is -0.304 e. The van der Waals surface area contributed by atoms with Crippen LogP contribution in [0.4, 0.5) is 4.39 Å². The lowest BCUT2D eigenvalue weighted by molar-refractivity contribution is 0.626. The average Bonchev–Trinajstić information content (AvgIpc) is 3.30. The molecule has 142 valence electrons. The Morgan fingerprint density at radius 3 is 2.46 bits per heavy atom. The lowest BCUT2D eigenvalue weighted by Crippen LogP contribution is -2.09. The number of aromatic nitrogens is 6. The van der Waals surface area contributed by atoms with Gasteiger partial charge in [0, 0.05) is 13.2 Å². The van der Waals surface area contributed by atoms with Crippen LogP contribution in [0.1, 0.15) is 35.4 Å². The van der Waals surface area contributed by atoms with E-state index in [1.165, 1.54) is 29.3 Å². The van der Waals surface area contributed by atoms with Gasteiger partial charge in [0.25, 0.3) is 5.56 Å². The van der Waals surface area contributed by atoms with Crippen LogP contribution in [-0.4, -0.2) is 29.5 Å². The van der Waals surface area contributed by atoms with Crippen LogP contribution in [0.2, 0.25) is 0 Å². The molecule has 0 atom stereocenters. The first kappa shape index (κ1) is 16.9. The fourth-order valence-corrected chi connectivity index (χ4v) is 3.77. The van der Waals surface area contributed by atoms with Crippen molar-refractivity contribution in [2.45, 2.75) is 32.6 Å². The third-order valence-corrected chi connectivity index (χ3v) is 5.19. The fourth-order valence-electron chi connectivity index (χ4n) is 3.77. The Kier molecular flexibility index (Phi) is 3.52. The summed E-state index contributed by atoms with van der Waals surface area (Å²) in [5.41, 5.74) is 4.38. The molecule has 1 aromatic carbocycles. The van der Waals surface area contributed by atoms with E-state index in [0.29, 0.717) is 11.3 Å². The van der Waals surface area contributed by atoms with Crippen molar-refractivity contribution in [1.82, 2.24) is 29.5 Å². The van der Waals surface area contributed by atoms with Gasteiger partial charge in [0.15, 0.2) is 23.0 Å². The lowest BCUT2D eigenvalue weighted by Gasteiger charge is -2.12. The van der Waals surface area contributed by atoms with E-state index in [1.807, 2.05) is 13.8 Å². The number of nitrogens with zero attached hydrogens (tertiary/aromatic N) is 5. The highest BCUT2D eigenvalue weighted by atomic mass is 19.1. The Morgan fingerprint density at radius 2 is 1.86 bits per heavy atom. The first-order valence-corrected chi connectivity index (χ1v) is 9.21. The Hall–Kier alpha value is -3.29. The van der Waals surface area contributed by atoms with Crippen LogP contribution in [0.15, 0.2) is 29.3 Å². The summed E-state index contributed by atoms with van der Waals surface area (Å²) in [5.74, 6) is 0.189. The van der Waals surface area contributed by atoms with Gasteiger partial charge < -0.3 is 4.98 Å². The maximum absolute atomic E-state index is 14.0. The second kappa shape index (κ2) is 5.85. The van der Waals surface area contributed by atoms with E-state index in [9.17, 15) is 9.18 Å². The zero-order valence-electron chi connectivity index (χ0n) is 15.8. The van der Waals surface area contributed by atoms with E-state index in [2.05, 4.69) is 32.3 Å². The molecule has 1 aliphatic rings. The molecule has 1 saturated carbocycles. The van der Waals surface area contributed by atoms with Crippen molar-refractivity contribution in [2.75, 3.05) is 0 Å². The number of hydrogen-bond donors (Lipinski definition) is 1. The van der Waals surface area contributed by atoms with Crippen molar-refractivity contribution in [2.24, 2.45) is 7.05 Å². The van der Waals surface area contributed by atoms with E-state index in [1.54, 1.807) is 17.9 Å². The molecule has 0 saturated heterocycles. The molecule has 7 nitrogen and oxygen atoms in total. The van der Waals surface area contributed by atoms with Crippen LogP contribution in [0.5, 0.6) is 0 Å². The standard InChI is InChI=1S/C20H19FN6O/c1-10-6-13(12-4-5-12)7-11(2)17(10)27-8-14-18(25-27)22-19(23-20(14)28)16-15(21)9-26(3)24-16/h6-9,12H,4-5H2,1-3H3,(H,22,23,25,28). The van der Waals surface area contributed by atoms with E-state index in [0.717, 1.165) is 16.8 Å². The molecule has 1 N–H and O–H groups in total. The first-order valence-electron chi connectivity index (χ1n) is 9.21. The van der Waals surface area contributed by atoms with Gasteiger partial charge in [0.1, 0.15) is 5.39 Å². The fraction of sp³-hybridized carbons (Fsp3) is 0.300. The van der Waals surface area contributed by atoms with E-state index in [4.69, 9.17) is 0 Å². The third kappa shape index (κ3) is 2.64. The number of H-pyrrole nitrogens is 1. The number of rotatable bonds is 3. The molecule has 5 rings (SSSR count). The normalized spacial score (nSPS) is 14.1. The molecule has 0 radical (unpaired) electrons. The van der Waals surface area contributed by atoms with Crippen molar-refractivity contribution in [3.05, 3.63) is 57.4 Å². The highest BCUT2D eigenvalue weighted by molar-refractivity contribution is 5.75. The Morgan fingerprint density at radius 1 is 1.14 bits per heavy atom. The predicted octanol–water partition coefficient (Wildman–Crippen LogP) is 3.14. The van der Waals surface area contributed by atoms with Crippen molar-refractivity contribution >= 4 is 11.0 Å². The molecule has 0 spiro atoms. The molecular formula is C20H19FN6O. The average molecular weight is 378 g/mol. The molecule has 0 aliphatic heterocycles. The van der Waals surface area contributed by atoms with Gasteiger partial charge in [-0.2, -0.15) is 5.10 Å². The number of benzene rings is 1. The van der Waals surface area contributed by atoms with E-state index in [-0.39, 0.29) is 22.7 Å².